The van der Waals surface area contributed by atoms with E-state index in [-0.39, 0.29) is 17.1 Å². The smallest absolute Gasteiger partial charge is 0.243 e. The van der Waals surface area contributed by atoms with Crippen LogP contribution >= 0.6 is 11.8 Å². The van der Waals surface area contributed by atoms with Crippen molar-refractivity contribution < 1.29 is 12.8 Å². The van der Waals surface area contributed by atoms with Gasteiger partial charge < -0.3 is 5.73 Å². The highest BCUT2D eigenvalue weighted by molar-refractivity contribution is 7.99. The van der Waals surface area contributed by atoms with E-state index in [1.165, 1.54) is 12.1 Å². The Balaban J connectivity index is 2.74. The van der Waals surface area contributed by atoms with E-state index in [1.807, 2.05) is 13.2 Å². The Hall–Kier alpha value is -0.790. The third kappa shape index (κ3) is 4.15. The summed E-state index contributed by atoms with van der Waals surface area (Å²) in [5.41, 5.74) is 5.57. The highest BCUT2D eigenvalue weighted by atomic mass is 32.2. The van der Waals surface area contributed by atoms with Crippen molar-refractivity contribution in [3.05, 3.63) is 24.0 Å². The first kappa shape index (κ1) is 15.3. The quantitative estimate of drug-likeness (QED) is 0.785. The van der Waals surface area contributed by atoms with Crippen LogP contribution in [0.15, 0.2) is 23.1 Å². The van der Waals surface area contributed by atoms with Crippen molar-refractivity contribution in [2.75, 3.05) is 18.5 Å². The summed E-state index contributed by atoms with van der Waals surface area (Å²) < 4.78 is 39.5. The monoisotopic (exact) mass is 292 g/mol. The lowest BCUT2D eigenvalue weighted by Crippen LogP contribution is -2.27. The first-order valence-corrected chi connectivity index (χ1v) is 8.21. The van der Waals surface area contributed by atoms with Gasteiger partial charge in [0.25, 0.3) is 0 Å². The average Bonchev–Trinajstić information content (AvgIpc) is 2.27. The zero-order valence-electron chi connectivity index (χ0n) is 10.3. The van der Waals surface area contributed by atoms with Gasteiger partial charge in [0, 0.05) is 17.5 Å². The normalized spacial score (nSPS) is 13.5. The highest BCUT2D eigenvalue weighted by Crippen LogP contribution is 2.17. The summed E-state index contributed by atoms with van der Waals surface area (Å²) in [5.74, 6) is -0.833. The van der Waals surface area contributed by atoms with Gasteiger partial charge in [-0.15, -0.1) is 0 Å². The highest BCUT2D eigenvalue weighted by Gasteiger charge is 2.18. The zero-order valence-corrected chi connectivity index (χ0v) is 11.9. The van der Waals surface area contributed by atoms with E-state index in [2.05, 4.69) is 4.72 Å². The predicted molar refractivity (Wildman–Crippen MR) is 73.6 cm³/mol. The van der Waals surface area contributed by atoms with Crippen LogP contribution in [0.1, 0.15) is 13.3 Å². The topological polar surface area (TPSA) is 72.2 Å². The number of nitrogen functional groups attached to an aromatic ring is 1. The molecule has 7 heteroatoms. The lowest BCUT2D eigenvalue weighted by atomic mass is 10.3. The molecule has 0 heterocycles. The summed E-state index contributed by atoms with van der Waals surface area (Å²) in [6, 6.07) is 3.53. The maximum Gasteiger partial charge on any atom is 0.243 e. The molecule has 0 saturated heterocycles. The summed E-state index contributed by atoms with van der Waals surface area (Å²) in [6.45, 7) is 2.29. The molecule has 3 N–H and O–H groups in total. The molecule has 0 radical (unpaired) electrons. The lowest BCUT2D eigenvalue weighted by molar-refractivity contribution is 0.556. The molecule has 0 aliphatic rings. The molecule has 0 fully saturated rings. The molecule has 0 aliphatic heterocycles. The fourth-order valence-electron chi connectivity index (χ4n) is 1.33. The number of anilines is 1. The van der Waals surface area contributed by atoms with Gasteiger partial charge in [-0.2, -0.15) is 11.8 Å². The molecule has 0 bridgehead atoms. The molecule has 1 atom stereocenters. The molecule has 0 saturated carbocycles. The Bertz CT molecular complexity index is 506. The molecular weight excluding hydrogens is 275 g/mol. The number of hydrogen-bond acceptors (Lipinski definition) is 4. The van der Waals surface area contributed by atoms with Crippen molar-refractivity contribution in [1.82, 2.24) is 4.72 Å². The van der Waals surface area contributed by atoms with Gasteiger partial charge in [-0.25, -0.2) is 17.5 Å². The molecule has 1 rings (SSSR count). The molecule has 1 aromatic carbocycles. The van der Waals surface area contributed by atoms with Crippen molar-refractivity contribution in [3.8, 4) is 0 Å². The van der Waals surface area contributed by atoms with Crippen LogP contribution in [-0.2, 0) is 10.0 Å². The third-order valence-electron chi connectivity index (χ3n) is 2.49. The Morgan fingerprint density at radius 2 is 2.17 bits per heavy atom. The van der Waals surface area contributed by atoms with E-state index in [9.17, 15) is 12.8 Å². The van der Waals surface area contributed by atoms with Crippen LogP contribution in [0, 0.1) is 5.82 Å². The standard InChI is InChI=1S/C11H17FN2O2S2/c1-8(17-2)5-6-14-18(15,16)11-4-3-9(13)7-10(11)12/h3-4,7-8,14H,5-6,13H2,1-2H3. The summed E-state index contributed by atoms with van der Waals surface area (Å²) >= 11 is 1.65. The van der Waals surface area contributed by atoms with Crippen molar-refractivity contribution >= 4 is 27.5 Å². The molecule has 102 valence electrons. The van der Waals surface area contributed by atoms with Crippen molar-refractivity contribution in [3.63, 3.8) is 0 Å². The number of halogens is 1. The van der Waals surface area contributed by atoms with Crippen LogP contribution in [-0.4, -0.2) is 26.5 Å². The number of nitrogens with one attached hydrogen (secondary N) is 1. The van der Waals surface area contributed by atoms with Gasteiger partial charge in [0.1, 0.15) is 10.7 Å². The molecule has 1 aromatic rings. The van der Waals surface area contributed by atoms with E-state index in [0.717, 1.165) is 6.07 Å². The van der Waals surface area contributed by atoms with Gasteiger partial charge in [-0.1, -0.05) is 6.92 Å². The van der Waals surface area contributed by atoms with Crippen molar-refractivity contribution in [2.45, 2.75) is 23.5 Å². The molecule has 0 aliphatic carbocycles. The fraction of sp³-hybridized carbons (Fsp3) is 0.455. The first-order chi connectivity index (χ1) is 8.36. The fourth-order valence-corrected chi connectivity index (χ4v) is 2.79. The minimum atomic E-state index is -3.80. The van der Waals surface area contributed by atoms with Gasteiger partial charge in [-0.05, 0) is 30.9 Å². The second-order valence-corrected chi connectivity index (χ2v) is 6.93. The van der Waals surface area contributed by atoms with Crippen LogP contribution in [0.4, 0.5) is 10.1 Å². The van der Waals surface area contributed by atoms with Gasteiger partial charge in [-0.3, -0.25) is 0 Å². The maximum atomic E-state index is 13.5. The van der Waals surface area contributed by atoms with Gasteiger partial charge in [0.2, 0.25) is 10.0 Å². The number of rotatable bonds is 6. The van der Waals surface area contributed by atoms with Crippen LogP contribution < -0.4 is 10.5 Å². The summed E-state index contributed by atoms with van der Waals surface area (Å²) in [6.07, 6.45) is 2.65. The zero-order chi connectivity index (χ0) is 13.8. The van der Waals surface area contributed by atoms with Crippen LogP contribution in [0.2, 0.25) is 0 Å². The second-order valence-electron chi connectivity index (χ2n) is 3.92. The number of thioether (sulfide) groups is 1. The SMILES string of the molecule is CSC(C)CCNS(=O)(=O)c1ccc(N)cc1F. The van der Waals surface area contributed by atoms with Crippen molar-refractivity contribution in [2.24, 2.45) is 0 Å². The van der Waals surface area contributed by atoms with E-state index in [4.69, 9.17) is 5.73 Å². The van der Waals surface area contributed by atoms with Crippen LogP contribution in [0.25, 0.3) is 0 Å². The Morgan fingerprint density at radius 1 is 1.50 bits per heavy atom. The van der Waals surface area contributed by atoms with Gasteiger partial charge >= 0.3 is 0 Å². The second kappa shape index (κ2) is 6.40. The lowest BCUT2D eigenvalue weighted by Gasteiger charge is -2.10. The molecular formula is C11H17FN2O2S2. The van der Waals surface area contributed by atoms with Gasteiger partial charge in [0.05, 0.1) is 0 Å². The van der Waals surface area contributed by atoms with E-state index < -0.39 is 15.8 Å². The number of nitrogens with two attached hydrogens (primary N) is 1. The Labute approximate surface area is 111 Å². The number of sulfonamides is 1. The first-order valence-electron chi connectivity index (χ1n) is 5.44. The van der Waals surface area contributed by atoms with Crippen LogP contribution in [0.3, 0.4) is 0 Å². The average molecular weight is 292 g/mol. The Morgan fingerprint density at radius 3 is 2.72 bits per heavy atom. The largest absolute Gasteiger partial charge is 0.399 e. The van der Waals surface area contributed by atoms with E-state index in [1.54, 1.807) is 11.8 Å². The number of hydrogen-bond donors (Lipinski definition) is 2. The van der Waals surface area contributed by atoms with Crippen LogP contribution in [0.5, 0.6) is 0 Å². The summed E-state index contributed by atoms with van der Waals surface area (Å²) in [5, 5.41) is 0.351. The third-order valence-corrected chi connectivity index (χ3v) is 5.03. The molecule has 0 spiro atoms. The van der Waals surface area contributed by atoms with E-state index >= 15 is 0 Å². The number of benzene rings is 1. The maximum absolute atomic E-state index is 13.5. The van der Waals surface area contributed by atoms with Crippen molar-refractivity contribution in [1.29, 1.82) is 0 Å². The summed E-state index contributed by atoms with van der Waals surface area (Å²) in [4.78, 5) is -0.367. The Kier molecular flexibility index (Phi) is 5.43. The minimum absolute atomic E-state index is 0.197. The molecule has 0 amide bonds. The minimum Gasteiger partial charge on any atom is -0.399 e. The van der Waals surface area contributed by atoms with E-state index in [0.29, 0.717) is 11.7 Å². The van der Waals surface area contributed by atoms with Gasteiger partial charge in [0.15, 0.2) is 0 Å². The molecule has 18 heavy (non-hydrogen) atoms. The molecule has 1 unspecified atom stereocenters. The molecule has 0 aromatic heterocycles. The summed E-state index contributed by atoms with van der Waals surface area (Å²) in [7, 11) is -3.80. The predicted octanol–water partition coefficient (Wildman–Crippen LogP) is 1.83. The molecule has 4 nitrogen and oxygen atoms in total.